The molecule has 30 heavy (non-hydrogen) atoms. The fourth-order valence-corrected chi connectivity index (χ4v) is 3.38. The average Bonchev–Trinajstić information content (AvgIpc) is 3.14. The second kappa shape index (κ2) is 7.98. The molecule has 0 atom stereocenters. The quantitative estimate of drug-likeness (QED) is 0.491. The van der Waals surface area contributed by atoms with Gasteiger partial charge in [0.2, 0.25) is 0 Å². The molecule has 0 radical (unpaired) electrons. The number of benzene rings is 2. The number of hydrogen-bond donors (Lipinski definition) is 0. The first-order chi connectivity index (χ1) is 14.5. The summed E-state index contributed by atoms with van der Waals surface area (Å²) in [5.74, 6) is 0.313. The largest absolute Gasteiger partial charge is 0.492 e. The first kappa shape index (κ1) is 19.6. The molecule has 7 nitrogen and oxygen atoms in total. The Morgan fingerprint density at radius 1 is 1.03 bits per heavy atom. The van der Waals surface area contributed by atoms with Crippen molar-refractivity contribution in [1.82, 2.24) is 18.7 Å². The van der Waals surface area contributed by atoms with Crippen LogP contribution < -0.4 is 16.0 Å². The third-order valence-electron chi connectivity index (χ3n) is 4.79. The van der Waals surface area contributed by atoms with Crippen LogP contribution in [0.2, 0.25) is 0 Å². The number of rotatable bonds is 6. The number of ether oxygens (including phenoxy) is 1. The molecule has 2 aromatic carbocycles. The predicted molar refractivity (Wildman–Crippen MR) is 112 cm³/mol. The number of aromatic nitrogens is 4. The van der Waals surface area contributed by atoms with Gasteiger partial charge >= 0.3 is 5.69 Å². The number of para-hydroxylation sites is 1. The number of imidazole rings is 1. The highest BCUT2D eigenvalue weighted by molar-refractivity contribution is 5.72. The monoisotopic (exact) mass is 408 g/mol. The van der Waals surface area contributed by atoms with Crippen molar-refractivity contribution in [1.29, 1.82) is 0 Å². The summed E-state index contributed by atoms with van der Waals surface area (Å²) in [6.07, 6.45) is 1.52. The fourth-order valence-electron chi connectivity index (χ4n) is 3.38. The van der Waals surface area contributed by atoms with Gasteiger partial charge in [-0.3, -0.25) is 9.36 Å². The summed E-state index contributed by atoms with van der Waals surface area (Å²) in [4.78, 5) is 30.6. The van der Waals surface area contributed by atoms with Gasteiger partial charge in [0.15, 0.2) is 11.2 Å². The van der Waals surface area contributed by atoms with Crippen LogP contribution in [0.4, 0.5) is 4.39 Å². The lowest BCUT2D eigenvalue weighted by molar-refractivity contribution is 0.300. The Balaban J connectivity index is 1.81. The zero-order valence-corrected chi connectivity index (χ0v) is 16.7. The first-order valence-electron chi connectivity index (χ1n) is 9.63. The van der Waals surface area contributed by atoms with Crippen molar-refractivity contribution in [2.75, 3.05) is 6.61 Å². The number of hydrogen-bond acceptors (Lipinski definition) is 4. The van der Waals surface area contributed by atoms with Crippen LogP contribution in [0.25, 0.3) is 16.9 Å². The summed E-state index contributed by atoms with van der Waals surface area (Å²) in [6, 6.07) is 14.5. The van der Waals surface area contributed by atoms with Gasteiger partial charge in [0.1, 0.15) is 18.2 Å². The molecule has 0 aliphatic rings. The van der Waals surface area contributed by atoms with E-state index in [0.717, 1.165) is 5.75 Å². The highest BCUT2D eigenvalue weighted by atomic mass is 19.1. The van der Waals surface area contributed by atoms with Gasteiger partial charge < -0.3 is 9.30 Å². The Morgan fingerprint density at radius 3 is 2.40 bits per heavy atom. The summed E-state index contributed by atoms with van der Waals surface area (Å²) < 4.78 is 23.3. The molecule has 0 aliphatic heterocycles. The maximum absolute atomic E-state index is 13.4. The van der Waals surface area contributed by atoms with Crippen LogP contribution in [0.1, 0.15) is 19.9 Å². The summed E-state index contributed by atoms with van der Waals surface area (Å²) in [6.45, 7) is 4.23. The maximum Gasteiger partial charge on any atom is 0.337 e. The van der Waals surface area contributed by atoms with Crippen LogP contribution in [-0.2, 0) is 6.54 Å². The third-order valence-corrected chi connectivity index (χ3v) is 4.79. The molecule has 2 heterocycles. The average molecular weight is 408 g/mol. The standard InChI is InChI=1S/C22H21FN4O3/c1-15(2)26-21(28)19-20(27(22(26)29)17-10-8-16(23)9-11-17)24-14-25(19)12-13-30-18-6-4-3-5-7-18/h3-11,14-15H,12-13H2,1-2H3. The van der Waals surface area contributed by atoms with Crippen LogP contribution >= 0.6 is 0 Å². The predicted octanol–water partition coefficient (Wildman–Crippen LogP) is 3.15. The number of fused-ring (bicyclic) bond motifs is 1. The highest BCUT2D eigenvalue weighted by Crippen LogP contribution is 2.15. The van der Waals surface area contributed by atoms with Crippen molar-refractivity contribution in [3.8, 4) is 11.4 Å². The van der Waals surface area contributed by atoms with E-state index in [9.17, 15) is 14.0 Å². The van der Waals surface area contributed by atoms with Crippen molar-refractivity contribution >= 4 is 11.2 Å². The molecule has 0 saturated heterocycles. The second-order valence-electron chi connectivity index (χ2n) is 7.13. The molecule has 0 fully saturated rings. The molecule has 0 bridgehead atoms. The molecular weight excluding hydrogens is 387 g/mol. The van der Waals surface area contributed by atoms with Crippen molar-refractivity contribution in [2.24, 2.45) is 0 Å². The van der Waals surface area contributed by atoms with Gasteiger partial charge in [0, 0.05) is 6.04 Å². The molecule has 154 valence electrons. The maximum atomic E-state index is 13.4. The molecule has 0 aliphatic carbocycles. The molecule has 4 aromatic rings. The van der Waals surface area contributed by atoms with E-state index in [1.54, 1.807) is 18.4 Å². The Hall–Kier alpha value is -3.68. The van der Waals surface area contributed by atoms with Gasteiger partial charge in [-0.1, -0.05) is 18.2 Å². The van der Waals surface area contributed by atoms with Gasteiger partial charge in [-0.25, -0.2) is 18.7 Å². The summed E-state index contributed by atoms with van der Waals surface area (Å²) in [5, 5.41) is 0. The minimum absolute atomic E-state index is 0.230. The van der Waals surface area contributed by atoms with Crippen molar-refractivity contribution in [3.63, 3.8) is 0 Å². The van der Waals surface area contributed by atoms with Crippen LogP contribution in [0.3, 0.4) is 0 Å². The normalized spacial score (nSPS) is 11.3. The third kappa shape index (κ3) is 3.52. The number of halogens is 1. The molecule has 0 spiro atoms. The van der Waals surface area contributed by atoms with Crippen LogP contribution in [0, 0.1) is 5.82 Å². The van der Waals surface area contributed by atoms with Crippen LogP contribution in [0.15, 0.2) is 70.5 Å². The van der Waals surface area contributed by atoms with Crippen molar-refractivity contribution < 1.29 is 9.13 Å². The smallest absolute Gasteiger partial charge is 0.337 e. The van der Waals surface area contributed by atoms with Gasteiger partial charge in [0.05, 0.1) is 18.6 Å². The highest BCUT2D eigenvalue weighted by Gasteiger charge is 2.20. The Bertz CT molecular complexity index is 1290. The molecular formula is C22H21FN4O3. The zero-order chi connectivity index (χ0) is 21.3. The molecule has 0 saturated carbocycles. The van der Waals surface area contributed by atoms with Crippen LogP contribution in [0.5, 0.6) is 5.75 Å². The van der Waals surface area contributed by atoms with E-state index in [1.165, 1.54) is 39.7 Å². The lowest BCUT2D eigenvalue weighted by atomic mass is 10.3. The lowest BCUT2D eigenvalue weighted by Crippen LogP contribution is -2.41. The Kier molecular flexibility index (Phi) is 5.22. The van der Waals surface area contributed by atoms with E-state index >= 15 is 0 Å². The fraction of sp³-hybridized carbons (Fsp3) is 0.227. The van der Waals surface area contributed by atoms with E-state index in [1.807, 2.05) is 30.3 Å². The van der Waals surface area contributed by atoms with E-state index in [0.29, 0.717) is 24.4 Å². The first-order valence-corrected chi connectivity index (χ1v) is 9.63. The molecule has 4 rings (SSSR count). The summed E-state index contributed by atoms with van der Waals surface area (Å²) in [7, 11) is 0. The topological polar surface area (TPSA) is 71.0 Å². The summed E-state index contributed by atoms with van der Waals surface area (Å²) in [5.41, 5.74) is 0.0320. The molecule has 0 amide bonds. The van der Waals surface area contributed by atoms with Crippen molar-refractivity contribution in [3.05, 3.63) is 87.6 Å². The zero-order valence-electron chi connectivity index (χ0n) is 16.7. The second-order valence-corrected chi connectivity index (χ2v) is 7.13. The summed E-state index contributed by atoms with van der Waals surface area (Å²) >= 11 is 0. The van der Waals surface area contributed by atoms with Gasteiger partial charge in [-0.2, -0.15) is 0 Å². The van der Waals surface area contributed by atoms with E-state index in [4.69, 9.17) is 4.74 Å². The molecule has 0 unspecified atom stereocenters. The Morgan fingerprint density at radius 2 is 1.73 bits per heavy atom. The SMILES string of the molecule is CC(C)n1c(=O)c2c(ncn2CCOc2ccccc2)n(-c2ccc(F)cc2)c1=O. The molecule has 8 heteroatoms. The Labute approximate surface area is 171 Å². The number of nitrogens with zero attached hydrogens (tertiary/aromatic N) is 4. The lowest BCUT2D eigenvalue weighted by Gasteiger charge is -2.15. The van der Waals surface area contributed by atoms with Gasteiger partial charge in [-0.05, 0) is 50.2 Å². The van der Waals surface area contributed by atoms with E-state index < -0.39 is 17.1 Å². The minimum atomic E-state index is -0.514. The molecule has 2 aromatic heterocycles. The van der Waals surface area contributed by atoms with Crippen LogP contribution in [-0.4, -0.2) is 25.3 Å². The van der Waals surface area contributed by atoms with E-state index in [2.05, 4.69) is 4.98 Å². The molecule has 0 N–H and O–H groups in total. The van der Waals surface area contributed by atoms with E-state index in [-0.39, 0.29) is 11.7 Å². The minimum Gasteiger partial charge on any atom is -0.492 e. The van der Waals surface area contributed by atoms with Crippen molar-refractivity contribution in [2.45, 2.75) is 26.4 Å². The van der Waals surface area contributed by atoms with Gasteiger partial charge in [0.25, 0.3) is 5.56 Å². The van der Waals surface area contributed by atoms with Gasteiger partial charge in [-0.15, -0.1) is 0 Å².